The maximum Gasteiger partial charge on any atom is 0.303 e. The molecular formula is C36H72NdO6. The molecule has 6 nitrogen and oxygen atoms in total. The third-order valence-electron chi connectivity index (χ3n) is 6.95. The molecule has 7 heteroatoms. The van der Waals surface area contributed by atoms with Crippen LogP contribution in [0.4, 0.5) is 0 Å². The third-order valence-corrected chi connectivity index (χ3v) is 6.95. The maximum atomic E-state index is 10.2. The van der Waals surface area contributed by atoms with Crippen LogP contribution < -0.4 is 0 Å². The van der Waals surface area contributed by atoms with E-state index in [1.54, 1.807) is 0 Å². The molecule has 0 fully saturated rings. The molecule has 0 aromatic rings. The molecule has 0 aliphatic heterocycles. The molecule has 0 radical (unpaired) electrons. The molecule has 0 aliphatic carbocycles. The number of hydrogen-bond donors (Lipinski definition) is 3. The van der Waals surface area contributed by atoms with Crippen LogP contribution in [0, 0.1) is 57.1 Å². The summed E-state index contributed by atoms with van der Waals surface area (Å²) >= 11 is 0. The number of aliphatic carboxylic acids is 3. The van der Waals surface area contributed by atoms with Crippen molar-refractivity contribution in [1.29, 1.82) is 0 Å². The summed E-state index contributed by atoms with van der Waals surface area (Å²) in [5, 5.41) is 25.3. The molecule has 0 saturated heterocycles. The molecule has 0 heterocycles. The topological polar surface area (TPSA) is 112 Å². The summed E-state index contributed by atoms with van der Waals surface area (Å²) < 4.78 is 0. The molecule has 0 rings (SSSR count). The maximum absolute atomic E-state index is 10.2. The van der Waals surface area contributed by atoms with Gasteiger partial charge in [-0.15, -0.1) is 0 Å². The Kier molecular flexibility index (Phi) is 35.1. The first kappa shape index (κ1) is 49.6. The first-order valence-electron chi connectivity index (χ1n) is 16.9. The van der Waals surface area contributed by atoms with E-state index in [4.69, 9.17) is 15.3 Å². The zero-order chi connectivity index (χ0) is 33.1. The van der Waals surface area contributed by atoms with Crippen LogP contribution in [0.5, 0.6) is 0 Å². The van der Waals surface area contributed by atoms with E-state index in [1.165, 1.54) is 77.0 Å². The Morgan fingerprint density at radius 3 is 0.674 bits per heavy atom. The average Bonchev–Trinajstić information content (AvgIpc) is 2.80. The van der Waals surface area contributed by atoms with Crippen LogP contribution in [0.3, 0.4) is 0 Å². The molecule has 0 amide bonds. The van der Waals surface area contributed by atoms with Crippen molar-refractivity contribution in [2.45, 2.75) is 197 Å². The first-order chi connectivity index (χ1) is 19.2. The van der Waals surface area contributed by atoms with Gasteiger partial charge in [-0.1, -0.05) is 139 Å². The van der Waals surface area contributed by atoms with Crippen molar-refractivity contribution in [2.24, 2.45) is 16.2 Å². The van der Waals surface area contributed by atoms with Crippen molar-refractivity contribution in [1.82, 2.24) is 0 Å². The van der Waals surface area contributed by atoms with E-state index in [1.807, 2.05) is 0 Å². The second-order valence-corrected chi connectivity index (χ2v) is 15.7. The van der Waals surface area contributed by atoms with Crippen LogP contribution in [0.2, 0.25) is 0 Å². The minimum atomic E-state index is -0.667. The zero-order valence-electron chi connectivity index (χ0n) is 29.9. The fraction of sp³-hybridized carbons (Fsp3) is 0.917. The van der Waals surface area contributed by atoms with E-state index in [2.05, 4.69) is 62.3 Å². The van der Waals surface area contributed by atoms with Crippen molar-refractivity contribution in [3.05, 3.63) is 0 Å². The summed E-state index contributed by atoms with van der Waals surface area (Å²) in [6.07, 6.45) is 21.6. The Labute approximate surface area is 299 Å². The van der Waals surface area contributed by atoms with E-state index in [0.717, 1.165) is 38.5 Å². The van der Waals surface area contributed by atoms with Crippen molar-refractivity contribution >= 4 is 17.9 Å². The molecular weight excluding hydrogens is 673 g/mol. The number of unbranched alkanes of at least 4 members (excludes halogenated alkanes) is 12. The predicted octanol–water partition coefficient (Wildman–Crippen LogP) is 11.5. The van der Waals surface area contributed by atoms with Gasteiger partial charge in [-0.05, 0) is 54.8 Å². The fourth-order valence-corrected chi connectivity index (χ4v) is 4.39. The Hall–Kier alpha value is -0.239. The van der Waals surface area contributed by atoms with E-state index in [9.17, 15) is 14.4 Å². The monoisotopic (exact) mass is 742 g/mol. The Morgan fingerprint density at radius 1 is 0.349 bits per heavy atom. The molecule has 0 bridgehead atoms. The van der Waals surface area contributed by atoms with E-state index < -0.39 is 17.9 Å². The van der Waals surface area contributed by atoms with Crippen LogP contribution in [0.15, 0.2) is 0 Å². The van der Waals surface area contributed by atoms with Gasteiger partial charge in [0.2, 0.25) is 0 Å². The van der Waals surface area contributed by atoms with Gasteiger partial charge < -0.3 is 15.3 Å². The summed E-state index contributed by atoms with van der Waals surface area (Å²) in [5.41, 5.74) is 1.34. The quantitative estimate of drug-likeness (QED) is 0.101. The minimum absolute atomic E-state index is 0. The van der Waals surface area contributed by atoms with Crippen molar-refractivity contribution < 1.29 is 70.5 Å². The molecule has 3 N–H and O–H groups in total. The smallest absolute Gasteiger partial charge is 0.303 e. The largest absolute Gasteiger partial charge is 0.481 e. The van der Waals surface area contributed by atoms with Crippen molar-refractivity contribution in [3.63, 3.8) is 0 Å². The van der Waals surface area contributed by atoms with Crippen molar-refractivity contribution in [2.75, 3.05) is 0 Å². The van der Waals surface area contributed by atoms with Gasteiger partial charge in [0.15, 0.2) is 0 Å². The van der Waals surface area contributed by atoms with Gasteiger partial charge in [0.25, 0.3) is 0 Å². The summed E-state index contributed by atoms with van der Waals surface area (Å²) in [6, 6.07) is 0. The molecule has 0 saturated carbocycles. The SMILES string of the molecule is CC(C)(C)CCCCCCCC(=O)O.CC(C)(C)CCCCCCCC(=O)O.CC(C)(C)CCCCCCCC(=O)O.[Nd]. The Morgan fingerprint density at radius 2 is 0.512 bits per heavy atom. The van der Waals surface area contributed by atoms with Crippen LogP contribution in [-0.4, -0.2) is 33.2 Å². The standard InChI is InChI=1S/3C12H24O2.Nd/c3*1-12(2,3)10-8-6-4-5-7-9-11(13)14;/h3*4-10H2,1-3H3,(H,13,14);. The Bertz CT molecular complexity index is 566. The summed E-state index contributed by atoms with van der Waals surface area (Å²) in [4.78, 5) is 30.7. The summed E-state index contributed by atoms with van der Waals surface area (Å²) in [7, 11) is 0. The van der Waals surface area contributed by atoms with Gasteiger partial charge >= 0.3 is 17.9 Å². The predicted molar refractivity (Wildman–Crippen MR) is 178 cm³/mol. The van der Waals surface area contributed by atoms with Gasteiger partial charge in [0.05, 0.1) is 0 Å². The van der Waals surface area contributed by atoms with Crippen LogP contribution in [0.25, 0.3) is 0 Å². The average molecular weight is 745 g/mol. The molecule has 0 aromatic carbocycles. The second kappa shape index (κ2) is 30.4. The molecule has 256 valence electrons. The second-order valence-electron chi connectivity index (χ2n) is 15.7. The molecule has 0 spiro atoms. The van der Waals surface area contributed by atoms with E-state index >= 15 is 0 Å². The summed E-state index contributed by atoms with van der Waals surface area (Å²) in [6.45, 7) is 20.4. The third kappa shape index (κ3) is 61.5. The fourth-order valence-electron chi connectivity index (χ4n) is 4.39. The molecule has 0 aromatic heterocycles. The minimum Gasteiger partial charge on any atom is -0.481 e. The zero-order valence-corrected chi connectivity index (χ0v) is 33.1. The van der Waals surface area contributed by atoms with E-state index in [0.29, 0.717) is 35.5 Å². The van der Waals surface area contributed by atoms with Gasteiger partial charge in [0.1, 0.15) is 0 Å². The molecule has 0 unspecified atom stereocenters. The molecule has 0 aliphatic rings. The molecule has 0 atom stereocenters. The van der Waals surface area contributed by atoms with Gasteiger partial charge in [0, 0.05) is 60.1 Å². The Balaban J connectivity index is -0.000000262. The number of carboxylic acids is 3. The van der Waals surface area contributed by atoms with Crippen LogP contribution in [-0.2, 0) is 14.4 Å². The van der Waals surface area contributed by atoms with Crippen molar-refractivity contribution in [3.8, 4) is 0 Å². The number of carboxylic acid groups (broad SMARTS) is 3. The van der Waals surface area contributed by atoms with Crippen LogP contribution >= 0.6 is 0 Å². The molecule has 43 heavy (non-hydrogen) atoms. The van der Waals surface area contributed by atoms with E-state index in [-0.39, 0.29) is 40.8 Å². The van der Waals surface area contributed by atoms with Gasteiger partial charge in [-0.3, -0.25) is 14.4 Å². The first-order valence-corrected chi connectivity index (χ1v) is 16.9. The van der Waals surface area contributed by atoms with Crippen LogP contribution in [0.1, 0.15) is 197 Å². The number of carbonyl (C=O) groups is 3. The number of rotatable bonds is 21. The van der Waals surface area contributed by atoms with Gasteiger partial charge in [-0.25, -0.2) is 0 Å². The van der Waals surface area contributed by atoms with Gasteiger partial charge in [-0.2, -0.15) is 0 Å². The normalized spacial score (nSPS) is 11.4. The summed E-state index contributed by atoms with van der Waals surface area (Å²) in [5.74, 6) is -2.00. The number of hydrogen-bond acceptors (Lipinski definition) is 3.